The summed E-state index contributed by atoms with van der Waals surface area (Å²) in [5.74, 6) is 0. The molecule has 67 valence electrons. The lowest BCUT2D eigenvalue weighted by atomic mass is 9.69. The van der Waals surface area contributed by atoms with Crippen LogP contribution >= 0.6 is 0 Å². The van der Waals surface area contributed by atoms with E-state index in [1.165, 1.54) is 14.1 Å². The van der Waals surface area contributed by atoms with E-state index in [2.05, 4.69) is 20.8 Å². The summed E-state index contributed by atoms with van der Waals surface area (Å²) in [6, 6.07) is 0. The Labute approximate surface area is 74.9 Å². The van der Waals surface area contributed by atoms with E-state index >= 15 is 0 Å². The summed E-state index contributed by atoms with van der Waals surface area (Å²) in [5.41, 5.74) is 0.356. The van der Waals surface area contributed by atoms with Gasteiger partial charge < -0.3 is 9.31 Å². The van der Waals surface area contributed by atoms with Gasteiger partial charge in [0.05, 0.1) is 11.7 Å². The maximum atomic E-state index is 5.53. The Hall–Kier alpha value is -0.0151. The molecule has 0 spiro atoms. The normalized spacial score (nSPS) is 45.1. The molecular formula is C9H16BO2. The number of rotatable bonds is 0. The van der Waals surface area contributed by atoms with E-state index in [1.807, 2.05) is 0 Å². The second kappa shape index (κ2) is 2.49. The lowest BCUT2D eigenvalue weighted by Crippen LogP contribution is -2.45. The van der Waals surface area contributed by atoms with Gasteiger partial charge in [-0.2, -0.15) is 0 Å². The van der Waals surface area contributed by atoms with Gasteiger partial charge >= 0.3 is 7.69 Å². The molecule has 0 N–H and O–H groups in total. The first kappa shape index (κ1) is 8.58. The summed E-state index contributed by atoms with van der Waals surface area (Å²) in [6.45, 7) is 6.76. The molecule has 2 nitrogen and oxygen atoms in total. The molecule has 3 heteroatoms. The molecule has 0 aromatic heterocycles. The van der Waals surface area contributed by atoms with E-state index < -0.39 is 0 Å². The first-order valence-electron chi connectivity index (χ1n) is 4.67. The fourth-order valence-corrected chi connectivity index (χ4v) is 2.51. The van der Waals surface area contributed by atoms with Crippen LogP contribution in [0.4, 0.5) is 0 Å². The predicted molar refractivity (Wildman–Crippen MR) is 47.7 cm³/mol. The minimum absolute atomic E-state index is 0.0538. The molecule has 1 radical (unpaired) electrons. The lowest BCUT2D eigenvalue weighted by molar-refractivity contribution is -0.0294. The van der Waals surface area contributed by atoms with Gasteiger partial charge in [-0.3, -0.25) is 0 Å². The van der Waals surface area contributed by atoms with E-state index in [0.717, 1.165) is 12.8 Å². The molecule has 2 fully saturated rings. The zero-order valence-corrected chi connectivity index (χ0v) is 8.09. The molecule has 0 aromatic rings. The molecule has 12 heavy (non-hydrogen) atoms. The van der Waals surface area contributed by atoms with Crippen LogP contribution in [-0.2, 0) is 9.31 Å². The van der Waals surface area contributed by atoms with Crippen molar-refractivity contribution in [2.45, 2.75) is 51.7 Å². The van der Waals surface area contributed by atoms with Crippen LogP contribution in [0.3, 0.4) is 0 Å². The molecule has 2 atom stereocenters. The maximum Gasteiger partial charge on any atom is 0.488 e. The van der Waals surface area contributed by atoms with E-state index in [-0.39, 0.29) is 5.60 Å². The van der Waals surface area contributed by atoms with Crippen molar-refractivity contribution in [2.75, 3.05) is 0 Å². The summed E-state index contributed by atoms with van der Waals surface area (Å²) in [7, 11) is 1.52. The van der Waals surface area contributed by atoms with Crippen LogP contribution < -0.4 is 0 Å². The summed E-state index contributed by atoms with van der Waals surface area (Å²) >= 11 is 0. The van der Waals surface area contributed by atoms with E-state index in [1.54, 1.807) is 0 Å². The molecule has 1 aliphatic carbocycles. The molecule has 1 saturated heterocycles. The Morgan fingerprint density at radius 3 is 2.83 bits per heavy atom. The van der Waals surface area contributed by atoms with Crippen molar-refractivity contribution in [3.05, 3.63) is 0 Å². The highest BCUT2D eigenvalue weighted by Crippen LogP contribution is 2.45. The predicted octanol–water partition coefficient (Wildman–Crippen LogP) is 1.90. The van der Waals surface area contributed by atoms with E-state index in [0.29, 0.717) is 11.5 Å². The van der Waals surface area contributed by atoms with Gasteiger partial charge in [-0.1, -0.05) is 13.8 Å². The fourth-order valence-electron chi connectivity index (χ4n) is 2.51. The molecule has 2 aliphatic rings. The molecule has 0 aromatic carbocycles. The average molecular weight is 167 g/mol. The Kier molecular flexibility index (Phi) is 1.78. The summed E-state index contributed by atoms with van der Waals surface area (Å²) in [4.78, 5) is 0. The van der Waals surface area contributed by atoms with Gasteiger partial charge in [0.25, 0.3) is 0 Å². The molecular weight excluding hydrogens is 151 g/mol. The molecule has 1 saturated carbocycles. The fraction of sp³-hybridized carbons (Fsp3) is 1.00. The van der Waals surface area contributed by atoms with Gasteiger partial charge in [0.2, 0.25) is 0 Å². The van der Waals surface area contributed by atoms with E-state index in [4.69, 9.17) is 9.31 Å². The van der Waals surface area contributed by atoms with Gasteiger partial charge in [-0.25, -0.2) is 0 Å². The van der Waals surface area contributed by atoms with Crippen molar-refractivity contribution in [1.82, 2.24) is 0 Å². The SMILES string of the molecule is CC1(C)CC[C@@H]2O[B]O[C@]2(C)C1. The largest absolute Gasteiger partial charge is 0.488 e. The Bertz CT molecular complexity index is 193. The van der Waals surface area contributed by atoms with Crippen molar-refractivity contribution in [3.63, 3.8) is 0 Å². The molecule has 0 bridgehead atoms. The molecule has 1 aliphatic heterocycles. The molecule has 0 amide bonds. The van der Waals surface area contributed by atoms with Crippen LogP contribution in [0.5, 0.6) is 0 Å². The van der Waals surface area contributed by atoms with Crippen LogP contribution in [0.25, 0.3) is 0 Å². The second-order valence-electron chi connectivity index (χ2n) is 5.03. The van der Waals surface area contributed by atoms with Crippen LogP contribution in [-0.4, -0.2) is 19.4 Å². The first-order chi connectivity index (χ1) is 5.52. The van der Waals surface area contributed by atoms with Crippen molar-refractivity contribution in [2.24, 2.45) is 5.41 Å². The highest BCUT2D eigenvalue weighted by molar-refractivity contribution is 6.19. The van der Waals surface area contributed by atoms with Crippen molar-refractivity contribution in [3.8, 4) is 0 Å². The minimum Gasteiger partial charge on any atom is -0.407 e. The summed E-state index contributed by atoms with van der Waals surface area (Å²) in [6.07, 6.45) is 3.76. The highest BCUT2D eigenvalue weighted by Gasteiger charge is 2.48. The van der Waals surface area contributed by atoms with Gasteiger partial charge in [0, 0.05) is 0 Å². The molecule has 0 unspecified atom stereocenters. The van der Waals surface area contributed by atoms with Gasteiger partial charge in [0.1, 0.15) is 0 Å². The summed E-state index contributed by atoms with van der Waals surface area (Å²) in [5, 5.41) is 0. The molecule has 2 rings (SSSR count). The van der Waals surface area contributed by atoms with Gasteiger partial charge in [-0.05, 0) is 31.6 Å². The second-order valence-corrected chi connectivity index (χ2v) is 5.03. The van der Waals surface area contributed by atoms with Crippen LogP contribution in [0, 0.1) is 5.41 Å². The molecule has 1 heterocycles. The first-order valence-corrected chi connectivity index (χ1v) is 4.67. The Morgan fingerprint density at radius 1 is 1.33 bits per heavy atom. The topological polar surface area (TPSA) is 18.5 Å². The van der Waals surface area contributed by atoms with Crippen LogP contribution in [0.2, 0.25) is 0 Å². The monoisotopic (exact) mass is 167 g/mol. The quantitative estimate of drug-likeness (QED) is 0.513. The summed E-state index contributed by atoms with van der Waals surface area (Å²) < 4.78 is 10.9. The van der Waals surface area contributed by atoms with Gasteiger partial charge in [-0.15, -0.1) is 0 Å². The van der Waals surface area contributed by atoms with Crippen LogP contribution in [0.15, 0.2) is 0 Å². The smallest absolute Gasteiger partial charge is 0.407 e. The minimum atomic E-state index is -0.0538. The third-order valence-electron chi connectivity index (χ3n) is 3.13. The van der Waals surface area contributed by atoms with Crippen molar-refractivity contribution < 1.29 is 9.31 Å². The Morgan fingerprint density at radius 2 is 2.08 bits per heavy atom. The van der Waals surface area contributed by atoms with E-state index in [9.17, 15) is 0 Å². The van der Waals surface area contributed by atoms with Crippen LogP contribution in [0.1, 0.15) is 40.0 Å². The maximum absolute atomic E-state index is 5.53. The highest BCUT2D eigenvalue weighted by atomic mass is 16.6. The number of hydrogen-bond donors (Lipinski definition) is 0. The third kappa shape index (κ3) is 1.29. The lowest BCUT2D eigenvalue weighted by Gasteiger charge is -2.43. The Balaban J connectivity index is 2.15. The zero-order valence-electron chi connectivity index (χ0n) is 8.09. The zero-order chi connectivity index (χ0) is 8.82. The van der Waals surface area contributed by atoms with Crippen molar-refractivity contribution in [1.29, 1.82) is 0 Å². The third-order valence-corrected chi connectivity index (χ3v) is 3.13. The standard InChI is InChI=1S/C9H16BO2/c1-8(2)5-4-7-9(3,6-8)12-10-11-7/h7H,4-6H2,1-3H3/t7-,9+/m0/s1. The van der Waals surface area contributed by atoms with Crippen molar-refractivity contribution >= 4 is 7.69 Å². The average Bonchev–Trinajstić information content (AvgIpc) is 2.26. The number of fused-ring (bicyclic) bond motifs is 1. The number of hydrogen-bond acceptors (Lipinski definition) is 2. The van der Waals surface area contributed by atoms with Gasteiger partial charge in [0.15, 0.2) is 0 Å².